The number of benzene rings is 1. The molecule has 5 heterocycles. The average Bonchev–Trinajstić information content (AvgIpc) is 3.49. The van der Waals surface area contributed by atoms with Gasteiger partial charge in [0.1, 0.15) is 12.4 Å². The van der Waals surface area contributed by atoms with Gasteiger partial charge in [-0.15, -0.1) is 0 Å². The van der Waals surface area contributed by atoms with Gasteiger partial charge in [0.05, 0.1) is 37.9 Å². The van der Waals surface area contributed by atoms with Crippen molar-refractivity contribution in [3.63, 3.8) is 0 Å². The number of likely N-dealkylation sites (N-methyl/N-ethyl adjacent to an activating group) is 1. The van der Waals surface area contributed by atoms with E-state index in [2.05, 4.69) is 55.7 Å². The molecule has 2 saturated heterocycles. The van der Waals surface area contributed by atoms with Gasteiger partial charge in [0.25, 0.3) is 0 Å². The lowest BCUT2D eigenvalue weighted by Gasteiger charge is -2.42. The zero-order chi connectivity index (χ0) is 31.3. The Morgan fingerprint density at radius 2 is 1.98 bits per heavy atom. The van der Waals surface area contributed by atoms with Gasteiger partial charge < -0.3 is 29.1 Å². The average molecular weight is 611 g/mol. The zero-order valence-electron chi connectivity index (χ0n) is 25.8. The second-order valence-electron chi connectivity index (χ2n) is 11.7. The van der Waals surface area contributed by atoms with Gasteiger partial charge in [-0.25, -0.2) is 4.79 Å². The molecule has 12 nitrogen and oxygen atoms in total. The summed E-state index contributed by atoms with van der Waals surface area (Å²) in [5, 5.41) is 11.9. The Morgan fingerprint density at radius 3 is 2.78 bits per heavy atom. The van der Waals surface area contributed by atoms with Crippen LogP contribution in [0.2, 0.25) is 0 Å². The molecule has 2 atom stereocenters. The summed E-state index contributed by atoms with van der Waals surface area (Å²) in [5.41, 5.74) is 3.09. The third kappa shape index (κ3) is 6.54. The first-order valence-electron chi connectivity index (χ1n) is 15.4. The monoisotopic (exact) mass is 610 g/mol. The van der Waals surface area contributed by atoms with E-state index in [-0.39, 0.29) is 18.4 Å². The topological polar surface area (TPSA) is 128 Å². The van der Waals surface area contributed by atoms with Crippen molar-refractivity contribution in [2.45, 2.75) is 44.3 Å². The number of nitrogens with zero attached hydrogens (tertiary/aromatic N) is 8. The van der Waals surface area contributed by atoms with Crippen molar-refractivity contribution in [3.05, 3.63) is 60.1 Å². The minimum absolute atomic E-state index is 0.155. The van der Waals surface area contributed by atoms with Crippen LogP contribution in [0.4, 0.5) is 11.5 Å². The first-order valence-corrected chi connectivity index (χ1v) is 15.4. The molecule has 6 rings (SSSR count). The number of pyridine rings is 1. The highest BCUT2D eigenvalue weighted by Gasteiger charge is 2.34. The molecule has 3 aliphatic rings. The number of amides is 1. The highest BCUT2D eigenvalue weighted by molar-refractivity contribution is 5.95. The fraction of sp³-hybridized carbons (Fsp3) is 0.455. The maximum Gasteiger partial charge on any atom is 0.330 e. The van der Waals surface area contributed by atoms with Crippen LogP contribution in [-0.4, -0.2) is 102 Å². The second-order valence-corrected chi connectivity index (χ2v) is 11.7. The number of fused-ring (bicyclic) bond motifs is 2. The summed E-state index contributed by atoms with van der Waals surface area (Å²) in [5.74, 6) is -0.124. The predicted octanol–water partition coefficient (Wildman–Crippen LogP) is 2.72. The summed E-state index contributed by atoms with van der Waals surface area (Å²) >= 11 is 0. The number of rotatable bonds is 8. The molecule has 0 N–H and O–H groups in total. The molecule has 45 heavy (non-hydrogen) atoms. The smallest absolute Gasteiger partial charge is 0.330 e. The number of piperazine rings is 1. The molecule has 3 aromatic rings. The van der Waals surface area contributed by atoms with Gasteiger partial charge in [0.2, 0.25) is 5.91 Å². The molecule has 234 valence electrons. The van der Waals surface area contributed by atoms with Crippen molar-refractivity contribution in [1.29, 1.82) is 5.26 Å². The molecule has 0 saturated carbocycles. The van der Waals surface area contributed by atoms with Crippen molar-refractivity contribution in [2.24, 2.45) is 0 Å². The molecule has 0 spiro atoms. The highest BCUT2D eigenvalue weighted by Crippen LogP contribution is 2.34. The van der Waals surface area contributed by atoms with Gasteiger partial charge in [-0.1, -0.05) is 12.1 Å². The summed E-state index contributed by atoms with van der Waals surface area (Å²) in [7, 11) is 3.38. The Kier molecular flexibility index (Phi) is 9.07. The van der Waals surface area contributed by atoms with Crippen LogP contribution in [0.5, 0.6) is 6.01 Å². The number of nitriles is 1. The number of carbonyl (C=O) groups excluding carboxylic acids is 2. The highest BCUT2D eigenvalue weighted by atomic mass is 16.5. The van der Waals surface area contributed by atoms with Crippen molar-refractivity contribution in [2.75, 3.05) is 63.3 Å². The fourth-order valence-electron chi connectivity index (χ4n) is 6.57. The predicted molar refractivity (Wildman–Crippen MR) is 169 cm³/mol. The number of ether oxygens (including phenoxy) is 2. The van der Waals surface area contributed by atoms with E-state index in [9.17, 15) is 14.9 Å². The van der Waals surface area contributed by atoms with Crippen LogP contribution in [0.3, 0.4) is 0 Å². The quantitative estimate of drug-likeness (QED) is 0.276. The van der Waals surface area contributed by atoms with E-state index in [4.69, 9.17) is 14.7 Å². The van der Waals surface area contributed by atoms with Crippen LogP contribution in [-0.2, 0) is 27.3 Å². The number of likely N-dealkylation sites (tertiary alicyclic amines) is 1. The number of aromatic nitrogens is 3. The van der Waals surface area contributed by atoms with Crippen LogP contribution < -0.4 is 14.5 Å². The van der Waals surface area contributed by atoms with Gasteiger partial charge in [-0.05, 0) is 50.4 Å². The lowest BCUT2D eigenvalue weighted by Crippen LogP contribution is -2.55. The SMILES string of the molecule is COC(=O)/C=C/C(=O)N1CCN(c2nc(OC[C@@H]3CCCN3C)nc3c2CCN(c2cccc4ccncc24)C3)C[C@@H]1CC#N. The van der Waals surface area contributed by atoms with Gasteiger partial charge in [-0.2, -0.15) is 15.2 Å². The van der Waals surface area contributed by atoms with Gasteiger partial charge in [-0.3, -0.25) is 9.78 Å². The molecule has 0 aliphatic carbocycles. The Bertz CT molecular complexity index is 1630. The molecule has 0 radical (unpaired) electrons. The number of anilines is 2. The zero-order valence-corrected chi connectivity index (χ0v) is 25.8. The van der Waals surface area contributed by atoms with E-state index in [1.165, 1.54) is 13.2 Å². The normalized spacial score (nSPS) is 20.3. The summed E-state index contributed by atoms with van der Waals surface area (Å²) in [4.78, 5) is 47.3. The molecule has 1 amide bonds. The standard InChI is InChI=1S/C33H38N8O4/c1-38-15-4-6-25(38)22-45-33-36-28-21-39(29-7-3-5-23-11-14-35-19-27(23)29)16-12-26(28)32(37-33)40-17-18-41(24(20-40)10-13-34)30(42)8-9-31(43)44-2/h3,5,7-9,11,14,19,24-25H,4,6,10,12,15-18,20-22H2,1-2H3/b9-8+/t24-,25-/m0/s1. The number of hydrogen-bond acceptors (Lipinski definition) is 11. The summed E-state index contributed by atoms with van der Waals surface area (Å²) in [6.45, 7) is 4.27. The third-order valence-electron chi connectivity index (χ3n) is 9.06. The Hall–Kier alpha value is -4.76. The molecule has 0 unspecified atom stereocenters. The molecular formula is C33H38N8O4. The van der Waals surface area contributed by atoms with Crippen molar-refractivity contribution < 1.29 is 19.1 Å². The van der Waals surface area contributed by atoms with E-state index in [0.29, 0.717) is 44.8 Å². The van der Waals surface area contributed by atoms with Gasteiger partial charge >= 0.3 is 12.0 Å². The Balaban J connectivity index is 1.29. The fourth-order valence-corrected chi connectivity index (χ4v) is 6.57. The molecule has 1 aromatic carbocycles. The van der Waals surface area contributed by atoms with Crippen molar-refractivity contribution in [3.8, 4) is 12.1 Å². The van der Waals surface area contributed by atoms with Gasteiger partial charge in [0.15, 0.2) is 0 Å². The first kappa shape index (κ1) is 30.3. The first-order chi connectivity index (χ1) is 21.9. The minimum atomic E-state index is -0.600. The Morgan fingerprint density at radius 1 is 1.09 bits per heavy atom. The van der Waals surface area contributed by atoms with Crippen LogP contribution in [0.1, 0.15) is 30.5 Å². The molecule has 0 bridgehead atoms. The number of esters is 1. The molecule has 3 aliphatic heterocycles. The maximum atomic E-state index is 13.0. The number of carbonyl (C=O) groups is 2. The third-order valence-corrected chi connectivity index (χ3v) is 9.06. The van der Waals surface area contributed by atoms with E-state index in [0.717, 1.165) is 72.0 Å². The minimum Gasteiger partial charge on any atom is -0.466 e. The van der Waals surface area contributed by atoms with E-state index in [1.54, 1.807) is 4.90 Å². The summed E-state index contributed by atoms with van der Waals surface area (Å²) in [6.07, 6.45) is 9.16. The van der Waals surface area contributed by atoms with E-state index < -0.39 is 5.97 Å². The largest absolute Gasteiger partial charge is 0.466 e. The summed E-state index contributed by atoms with van der Waals surface area (Å²) in [6, 6.07) is 10.8. The van der Waals surface area contributed by atoms with Crippen LogP contribution in [0, 0.1) is 11.3 Å². The lowest BCUT2D eigenvalue weighted by molar-refractivity contribution is -0.135. The van der Waals surface area contributed by atoms with Crippen molar-refractivity contribution in [1.82, 2.24) is 24.8 Å². The summed E-state index contributed by atoms with van der Waals surface area (Å²) < 4.78 is 10.9. The maximum absolute atomic E-state index is 13.0. The van der Waals surface area contributed by atoms with E-state index in [1.807, 2.05) is 18.5 Å². The number of hydrogen-bond donors (Lipinski definition) is 0. The lowest BCUT2D eigenvalue weighted by atomic mass is 10.0. The van der Waals surface area contributed by atoms with Gasteiger partial charge in [0, 0.05) is 73.4 Å². The van der Waals surface area contributed by atoms with Crippen LogP contribution >= 0.6 is 0 Å². The Labute approximate surface area is 262 Å². The molecule has 2 aromatic heterocycles. The number of methoxy groups -OCH3 is 1. The second kappa shape index (κ2) is 13.5. The molecule has 2 fully saturated rings. The van der Waals surface area contributed by atoms with Crippen LogP contribution in [0.15, 0.2) is 48.8 Å². The molecule has 12 heteroatoms. The molecular weight excluding hydrogens is 572 g/mol. The van der Waals surface area contributed by atoms with E-state index >= 15 is 0 Å². The van der Waals surface area contributed by atoms with Crippen molar-refractivity contribution >= 4 is 34.2 Å². The van der Waals surface area contributed by atoms with Crippen LogP contribution in [0.25, 0.3) is 10.8 Å².